The number of sulfonamides is 1. The third-order valence-electron chi connectivity index (χ3n) is 3.90. The molecule has 5 nitrogen and oxygen atoms in total. The van der Waals surface area contributed by atoms with Crippen LogP contribution in [-0.2, 0) is 20.2 Å². The molecule has 21 heavy (non-hydrogen) atoms. The zero-order chi connectivity index (χ0) is 15.7. The van der Waals surface area contributed by atoms with Crippen LogP contribution in [0.25, 0.3) is 0 Å². The van der Waals surface area contributed by atoms with Gasteiger partial charge in [-0.25, -0.2) is 13.1 Å². The average Bonchev–Trinajstić information content (AvgIpc) is 2.84. The Hall–Kier alpha value is -0.990. The summed E-state index contributed by atoms with van der Waals surface area (Å²) in [6.07, 6.45) is 4.06. The molecule has 0 amide bonds. The van der Waals surface area contributed by atoms with Crippen molar-refractivity contribution < 1.29 is 20.7 Å². The van der Waals surface area contributed by atoms with Gasteiger partial charge in [0.05, 0.1) is 9.79 Å². The van der Waals surface area contributed by atoms with Crippen molar-refractivity contribution in [2.75, 3.05) is 6.54 Å². The van der Waals surface area contributed by atoms with E-state index in [-0.39, 0.29) is 10.3 Å². The molecule has 0 spiro atoms. The first-order chi connectivity index (χ1) is 9.62. The first-order valence-electron chi connectivity index (χ1n) is 6.67. The summed E-state index contributed by atoms with van der Waals surface area (Å²) in [5, 5.41) is 0. The zero-order valence-corrected chi connectivity index (χ0v) is 13.3. The summed E-state index contributed by atoms with van der Waals surface area (Å²) in [6.45, 7) is 2.31. The summed E-state index contributed by atoms with van der Waals surface area (Å²) in [6, 6.07) is 4.30. The van der Waals surface area contributed by atoms with Crippen LogP contribution in [-0.4, -0.2) is 23.4 Å². The Kier molecular flexibility index (Phi) is 4.41. The van der Waals surface area contributed by atoms with Crippen LogP contribution in [0.1, 0.15) is 32.6 Å². The number of hydrogen-bond acceptors (Lipinski definition) is 4. The fourth-order valence-corrected chi connectivity index (χ4v) is 4.38. The second kappa shape index (κ2) is 5.66. The van der Waals surface area contributed by atoms with Gasteiger partial charge in [0.1, 0.15) is 0 Å². The van der Waals surface area contributed by atoms with E-state index < -0.39 is 25.1 Å². The van der Waals surface area contributed by atoms with E-state index in [9.17, 15) is 20.7 Å². The van der Waals surface area contributed by atoms with Crippen LogP contribution in [0.2, 0.25) is 0 Å². The standard InChI is InChI=1S/C13H18FNO4S2/c1-13(7-2-3-8-13)10-15-21(18,19)12-6-4-5-11(9-12)20(14,16)17/h4-6,9,15H,2-3,7-8,10H2,1H3. The third-order valence-corrected chi connectivity index (χ3v) is 6.11. The van der Waals surface area contributed by atoms with Crippen molar-refractivity contribution >= 4 is 20.2 Å². The van der Waals surface area contributed by atoms with Crippen molar-refractivity contribution in [2.24, 2.45) is 5.41 Å². The van der Waals surface area contributed by atoms with Crippen LogP contribution in [0, 0.1) is 5.41 Å². The second-order valence-electron chi connectivity index (χ2n) is 5.76. The van der Waals surface area contributed by atoms with Crippen LogP contribution in [0.4, 0.5) is 3.89 Å². The molecule has 0 heterocycles. The van der Waals surface area contributed by atoms with E-state index in [0.717, 1.165) is 37.8 Å². The highest BCUT2D eigenvalue weighted by Gasteiger charge is 2.30. The Balaban J connectivity index is 2.20. The Morgan fingerprint density at radius 3 is 2.29 bits per heavy atom. The predicted molar refractivity (Wildman–Crippen MR) is 76.5 cm³/mol. The quantitative estimate of drug-likeness (QED) is 0.837. The van der Waals surface area contributed by atoms with Crippen LogP contribution in [0.3, 0.4) is 0 Å². The zero-order valence-electron chi connectivity index (χ0n) is 11.7. The highest BCUT2D eigenvalue weighted by atomic mass is 32.3. The lowest BCUT2D eigenvalue weighted by atomic mass is 9.89. The van der Waals surface area contributed by atoms with Gasteiger partial charge in [0, 0.05) is 6.54 Å². The van der Waals surface area contributed by atoms with Crippen molar-refractivity contribution in [1.29, 1.82) is 0 Å². The van der Waals surface area contributed by atoms with E-state index in [1.165, 1.54) is 12.1 Å². The van der Waals surface area contributed by atoms with Gasteiger partial charge < -0.3 is 0 Å². The lowest BCUT2D eigenvalue weighted by Crippen LogP contribution is -2.34. The molecule has 1 aromatic rings. The maximum Gasteiger partial charge on any atom is 0.332 e. The highest BCUT2D eigenvalue weighted by Crippen LogP contribution is 2.37. The minimum atomic E-state index is -4.92. The average molecular weight is 335 g/mol. The summed E-state index contributed by atoms with van der Waals surface area (Å²) in [7, 11) is -8.77. The van der Waals surface area contributed by atoms with Crippen molar-refractivity contribution in [3.8, 4) is 0 Å². The predicted octanol–water partition coefficient (Wildman–Crippen LogP) is 2.20. The molecule has 0 aromatic heterocycles. The minimum Gasteiger partial charge on any atom is -0.211 e. The van der Waals surface area contributed by atoms with E-state index in [0.29, 0.717) is 6.54 Å². The van der Waals surface area contributed by atoms with Gasteiger partial charge in [0.25, 0.3) is 0 Å². The topological polar surface area (TPSA) is 80.3 Å². The van der Waals surface area contributed by atoms with E-state index in [1.807, 2.05) is 6.92 Å². The normalized spacial score (nSPS) is 18.8. The Morgan fingerprint density at radius 1 is 1.14 bits per heavy atom. The molecule has 0 radical (unpaired) electrons. The van der Waals surface area contributed by atoms with E-state index in [1.54, 1.807) is 0 Å². The number of benzene rings is 1. The van der Waals surface area contributed by atoms with E-state index in [4.69, 9.17) is 0 Å². The number of rotatable bonds is 5. The van der Waals surface area contributed by atoms with Gasteiger partial charge in [-0.3, -0.25) is 0 Å². The molecule has 1 aromatic carbocycles. The number of hydrogen-bond donors (Lipinski definition) is 1. The van der Waals surface area contributed by atoms with Gasteiger partial charge in [-0.15, -0.1) is 3.89 Å². The first-order valence-corrected chi connectivity index (χ1v) is 9.54. The number of nitrogens with one attached hydrogen (secondary N) is 1. The monoisotopic (exact) mass is 335 g/mol. The number of halogens is 1. The molecule has 0 bridgehead atoms. The van der Waals surface area contributed by atoms with Gasteiger partial charge in [-0.05, 0) is 36.5 Å². The van der Waals surface area contributed by atoms with Crippen LogP contribution < -0.4 is 4.72 Å². The Morgan fingerprint density at radius 2 is 1.71 bits per heavy atom. The molecule has 0 aliphatic heterocycles. The minimum absolute atomic E-state index is 0.0726. The molecule has 0 atom stereocenters. The lowest BCUT2D eigenvalue weighted by Gasteiger charge is -2.23. The van der Waals surface area contributed by atoms with Gasteiger partial charge in [0.15, 0.2) is 0 Å². The molecule has 8 heteroatoms. The molecule has 1 N–H and O–H groups in total. The summed E-state index contributed by atoms with van der Waals surface area (Å²) in [4.78, 5) is -0.903. The van der Waals surface area contributed by atoms with E-state index >= 15 is 0 Å². The maximum atomic E-state index is 12.9. The van der Waals surface area contributed by atoms with Crippen LogP contribution in [0.15, 0.2) is 34.1 Å². The van der Waals surface area contributed by atoms with E-state index in [2.05, 4.69) is 4.72 Å². The largest absolute Gasteiger partial charge is 0.332 e. The molecule has 118 valence electrons. The molecule has 0 saturated heterocycles. The van der Waals surface area contributed by atoms with Crippen molar-refractivity contribution in [2.45, 2.75) is 42.4 Å². The van der Waals surface area contributed by atoms with Crippen molar-refractivity contribution in [1.82, 2.24) is 4.72 Å². The molecule has 0 unspecified atom stereocenters. The highest BCUT2D eigenvalue weighted by molar-refractivity contribution is 7.89. The van der Waals surface area contributed by atoms with Gasteiger partial charge in [-0.1, -0.05) is 25.8 Å². The Bertz CT molecular complexity index is 722. The molecular formula is C13H18FNO4S2. The fourth-order valence-electron chi connectivity index (χ4n) is 2.55. The summed E-state index contributed by atoms with van der Waals surface area (Å²) in [5.74, 6) is 0. The molecule has 2 rings (SSSR count). The van der Waals surface area contributed by atoms with Gasteiger partial charge in [0.2, 0.25) is 10.0 Å². The second-order valence-corrected chi connectivity index (χ2v) is 8.87. The maximum absolute atomic E-state index is 12.9. The van der Waals surface area contributed by atoms with Crippen LogP contribution >= 0.6 is 0 Å². The SMILES string of the molecule is CC1(CNS(=O)(=O)c2cccc(S(=O)(=O)F)c2)CCCC1. The fraction of sp³-hybridized carbons (Fsp3) is 0.538. The van der Waals surface area contributed by atoms with Gasteiger partial charge in [-0.2, -0.15) is 8.42 Å². The summed E-state index contributed by atoms with van der Waals surface area (Å²) in [5.41, 5.74) is -0.0726. The molecule has 1 aliphatic rings. The van der Waals surface area contributed by atoms with Crippen molar-refractivity contribution in [3.63, 3.8) is 0 Å². The smallest absolute Gasteiger partial charge is 0.211 e. The molecular weight excluding hydrogens is 317 g/mol. The first kappa shape index (κ1) is 16.4. The van der Waals surface area contributed by atoms with Crippen molar-refractivity contribution in [3.05, 3.63) is 24.3 Å². The molecule has 1 aliphatic carbocycles. The van der Waals surface area contributed by atoms with Crippen LogP contribution in [0.5, 0.6) is 0 Å². The third kappa shape index (κ3) is 4.02. The molecule has 1 saturated carbocycles. The summed E-state index contributed by atoms with van der Waals surface area (Å²) >= 11 is 0. The molecule has 1 fully saturated rings. The van der Waals surface area contributed by atoms with Gasteiger partial charge >= 0.3 is 10.2 Å². The lowest BCUT2D eigenvalue weighted by molar-refractivity contribution is 0.336. The summed E-state index contributed by atoms with van der Waals surface area (Å²) < 4.78 is 61.5. The Labute approximate surface area is 124 Å².